The Morgan fingerprint density at radius 3 is 1.47 bits per heavy atom. The number of carbonyl (C=O) groups is 3. The van der Waals surface area contributed by atoms with Gasteiger partial charge in [0.15, 0.2) is 5.67 Å². The quantitative estimate of drug-likeness (QED) is 0.0290. The third kappa shape index (κ3) is 64.7. The van der Waals surface area contributed by atoms with Crippen LogP contribution in [0.3, 0.4) is 0 Å². The zero-order chi connectivity index (χ0) is 108. The number of terminal acetylenes is 1. The average Bonchev–Trinajstić information content (AvgIpc) is 1.61. The van der Waals surface area contributed by atoms with E-state index < -0.39 is 23.4 Å². The molecule has 6 N–H and O–H groups in total. The molecule has 13 nitrogen and oxygen atoms in total. The summed E-state index contributed by atoms with van der Waals surface area (Å²) in [5, 5.41) is 18.7. The van der Waals surface area contributed by atoms with Gasteiger partial charge in [-0.1, -0.05) is 168 Å². The van der Waals surface area contributed by atoms with E-state index in [0.29, 0.717) is 100.0 Å². The number of nitrogens with one attached hydrogen (secondary N) is 6. The van der Waals surface area contributed by atoms with Crippen LogP contribution in [-0.4, -0.2) is 155 Å². The largest absolute Gasteiger partial charge is 0.378 e. The molecule has 0 radical (unpaired) electrons. The van der Waals surface area contributed by atoms with Crippen LogP contribution >= 0.6 is 0 Å². The summed E-state index contributed by atoms with van der Waals surface area (Å²) in [6.45, 7) is 48.3. The molecule has 0 saturated heterocycles. The van der Waals surface area contributed by atoms with Crippen molar-refractivity contribution >= 4 is 17.7 Å². The van der Waals surface area contributed by atoms with Gasteiger partial charge < -0.3 is 51.0 Å². The van der Waals surface area contributed by atoms with Crippen molar-refractivity contribution in [2.24, 2.45) is 51.8 Å². The van der Waals surface area contributed by atoms with Gasteiger partial charge in [-0.25, -0.2) is 4.39 Å². The van der Waals surface area contributed by atoms with Gasteiger partial charge in [0.2, 0.25) is 11.8 Å². The summed E-state index contributed by atoms with van der Waals surface area (Å²) in [6, 6.07) is 7.28. The molecule has 0 spiro atoms. The minimum Gasteiger partial charge on any atom is -0.378 e. The summed E-state index contributed by atoms with van der Waals surface area (Å²) in [7, 11) is 7.81. The number of alkyl halides is 5. The monoisotopic (exact) mass is 2000 g/mol. The van der Waals surface area contributed by atoms with E-state index >= 15 is 4.39 Å². The van der Waals surface area contributed by atoms with Crippen LogP contribution in [0, 0.1) is 218 Å². The summed E-state index contributed by atoms with van der Waals surface area (Å²) < 4.78 is 86.6. The SMILES string of the molecule is C#CC#CC#CC#CC#CC#CC#CC.CCC(C)(C)CC1[C@H]2CCC#CCC[C@@H]12.CCC(C)(C)CCNC(=O)CC1CCCCC#CC1(F)F.CCC(C)(C)CCNC(=O)c1ccc(CC2(F)C#CCCCCC2)cc1.CNC(C)(C)CC(=O)N1CCC#CC(C)C(C)C1.CNC(C)(C)CCOC1C#CCCCCC1.CNC(C)(C)CCOC1CCC#CC(F)(F)CC1.CNC(C)(C)CCOC1CCC#CCCC1. The van der Waals surface area contributed by atoms with Crippen LogP contribution in [0.4, 0.5) is 22.0 Å². The van der Waals surface area contributed by atoms with Crippen LogP contribution in [0.15, 0.2) is 24.3 Å². The molecule has 7 aliphatic carbocycles. The van der Waals surface area contributed by atoms with Crippen molar-refractivity contribution in [3.63, 3.8) is 0 Å². The first kappa shape index (κ1) is 132. The lowest BCUT2D eigenvalue weighted by Crippen LogP contribution is -2.45. The van der Waals surface area contributed by atoms with Crippen molar-refractivity contribution in [3.05, 3.63) is 35.4 Å². The van der Waals surface area contributed by atoms with E-state index in [-0.39, 0.29) is 75.8 Å². The Hall–Kier alpha value is -9.16. The van der Waals surface area contributed by atoms with Gasteiger partial charge >= 0.3 is 11.8 Å². The Morgan fingerprint density at radius 1 is 0.462 bits per heavy atom. The number of benzene rings is 1. The molecule has 1 aromatic carbocycles. The van der Waals surface area contributed by atoms with E-state index in [2.05, 4.69) is 311 Å². The molecule has 8 unspecified atom stereocenters. The summed E-state index contributed by atoms with van der Waals surface area (Å²) >= 11 is 0. The molecular weight excluding hydrogens is 1810 g/mol. The Labute approximate surface area is 880 Å². The highest BCUT2D eigenvalue weighted by atomic mass is 19.3. The first-order valence-corrected chi connectivity index (χ1v) is 54.4. The van der Waals surface area contributed by atoms with E-state index in [1.807, 2.05) is 57.1 Å². The number of fused-ring (bicyclic) bond motifs is 1. The number of rotatable bonds is 34. The van der Waals surface area contributed by atoms with Gasteiger partial charge in [-0.05, 0) is 366 Å². The van der Waals surface area contributed by atoms with Crippen molar-refractivity contribution < 1.29 is 50.5 Å². The van der Waals surface area contributed by atoms with Gasteiger partial charge in [-0.15, -0.1) is 41.9 Å². The van der Waals surface area contributed by atoms with Gasteiger partial charge in [0, 0.05) is 169 Å². The Kier molecular flexibility index (Phi) is 65.7. The van der Waals surface area contributed by atoms with Crippen LogP contribution in [0.25, 0.3) is 0 Å². The number of nitrogens with zero attached hydrogens (tertiary/aromatic N) is 1. The predicted octanol–water partition coefficient (Wildman–Crippen LogP) is 24.8. The molecule has 800 valence electrons. The molecule has 18 heteroatoms. The molecule has 1 aliphatic heterocycles. The highest BCUT2D eigenvalue weighted by Gasteiger charge is 2.50. The highest BCUT2D eigenvalue weighted by molar-refractivity contribution is 5.94. The second kappa shape index (κ2) is 72.3. The Balaban J connectivity index is 0.000000564. The van der Waals surface area contributed by atoms with Crippen molar-refractivity contribution in [1.29, 1.82) is 0 Å². The maximum atomic E-state index is 15.0. The van der Waals surface area contributed by atoms with Gasteiger partial charge in [0.1, 0.15) is 6.10 Å². The lowest BCUT2D eigenvalue weighted by Gasteiger charge is -2.31. The van der Waals surface area contributed by atoms with Crippen LogP contribution < -0.4 is 31.9 Å². The third-order valence-corrected chi connectivity index (χ3v) is 29.0. The number of amides is 3. The van der Waals surface area contributed by atoms with Gasteiger partial charge in [-0.3, -0.25) is 14.4 Å². The lowest BCUT2D eigenvalue weighted by atomic mass is 9.83. The minimum atomic E-state index is -3.04. The summed E-state index contributed by atoms with van der Waals surface area (Å²) in [5.41, 5.74) is 1.28. The standard InChI is InChI=1S/C23H32FNO.C17H27F2NO.C15H26N2O.C15H24.C15H4.C14H23F2NO.2C14H25NO/c1-4-22(2,3)16-17-25-21(26)20-12-10-19(11-13-20)18-23(24)14-8-6-5-7-9-15-23;1-4-16(2,3)11-12-20-15(21)13-14-9-7-5-6-8-10-17(14,18)19;1-12-8-6-7-9-17(11-13(12)2)14(18)10-15(3,4)16-5;1-4-15(2,3)11-14-12-9-7-5-6-8-10-13(12)14;1-3-5-7-9-11-13-15-14-12-10-8-6-4-2;1-13(2,17-3)10-11-18-12-6-4-5-8-14(15,16)9-7-12;2*1-14(2,15-3)11-12-16-13-9-7-5-4-6-8-10-13/h10-13H,4-8,14,16-18H2,1-3H3,(H,25,26);14H,4-7,9,11-13H2,1-3H3,(H,20,21);12-13,16H,7,9-11H2,1-5H3;12-14H,4,7-11H2,1-3H3;1H,2H3;12,17H,4,6-7,9-11H2,1-3H3;13,15H,5,7-12H2,1-3H3;13,15H,4-7,9,11-12H2,1-3H3/t;;;12-,13+,14?;;;;. The second-order valence-electron chi connectivity index (χ2n) is 44.6. The zero-order valence-corrected chi connectivity index (χ0v) is 94.1. The third-order valence-electron chi connectivity index (χ3n) is 29.0. The smallest absolute Gasteiger partial charge is 0.311 e. The lowest BCUT2D eigenvalue weighted by molar-refractivity contribution is -0.133. The molecule has 0 bridgehead atoms. The summed E-state index contributed by atoms with van der Waals surface area (Å²) in [5.74, 6) is 69.6. The molecule has 10 atom stereocenters. The van der Waals surface area contributed by atoms with E-state index in [4.69, 9.17) is 20.6 Å². The molecule has 3 amide bonds. The van der Waals surface area contributed by atoms with E-state index in [1.165, 1.54) is 57.8 Å². The fourth-order valence-electron chi connectivity index (χ4n) is 16.1. The Morgan fingerprint density at radius 2 is 0.924 bits per heavy atom. The van der Waals surface area contributed by atoms with Gasteiger partial charge in [-0.2, -0.15) is 17.6 Å². The molecule has 8 aliphatic rings. The maximum Gasteiger partial charge on any atom is 0.311 e. The number of halogens is 5. The fourth-order valence-corrected chi connectivity index (χ4v) is 16.1. The number of hydrogen-bond acceptors (Lipinski definition) is 10. The van der Waals surface area contributed by atoms with Gasteiger partial charge in [0.25, 0.3) is 5.91 Å². The minimum absolute atomic E-state index is 0.0192. The predicted molar refractivity (Wildman–Crippen MR) is 594 cm³/mol. The fraction of sp³-hybridized carbons (Fsp3) is 0.709. The Bertz CT molecular complexity index is 4920. The zero-order valence-electron chi connectivity index (χ0n) is 94.1. The topological polar surface area (TPSA) is 154 Å². The molecular formula is C127H186F5N7O6. The van der Waals surface area contributed by atoms with Crippen molar-refractivity contribution in [3.8, 4) is 166 Å². The van der Waals surface area contributed by atoms with Crippen molar-refractivity contribution in [2.75, 3.05) is 74.2 Å². The maximum absolute atomic E-state index is 15.0. The molecule has 1 aromatic rings. The van der Waals surface area contributed by atoms with E-state index in [0.717, 1.165) is 184 Å². The molecule has 1 saturated carbocycles. The van der Waals surface area contributed by atoms with E-state index in [9.17, 15) is 31.9 Å². The first-order valence-electron chi connectivity index (χ1n) is 54.4. The average molecular weight is 2000 g/mol. The van der Waals surface area contributed by atoms with Crippen LogP contribution in [0.5, 0.6) is 0 Å². The van der Waals surface area contributed by atoms with Crippen molar-refractivity contribution in [1.82, 2.24) is 36.8 Å². The summed E-state index contributed by atoms with van der Waals surface area (Å²) in [4.78, 5) is 38.4. The number of carbonyl (C=O) groups excluding carboxylic acids is 3. The number of ether oxygens (including phenoxy) is 3. The number of hydrogen-bond donors (Lipinski definition) is 6. The molecule has 9 rings (SSSR count). The molecule has 145 heavy (non-hydrogen) atoms. The normalized spacial score (nSPS) is 21.6. The van der Waals surface area contributed by atoms with Gasteiger partial charge in [0.05, 0.1) is 12.2 Å². The van der Waals surface area contributed by atoms with Crippen LogP contribution in [0.2, 0.25) is 0 Å². The van der Waals surface area contributed by atoms with E-state index in [1.54, 1.807) is 19.1 Å². The van der Waals surface area contributed by atoms with Crippen molar-refractivity contribution in [2.45, 2.75) is 453 Å². The molecule has 1 heterocycles. The summed E-state index contributed by atoms with van der Waals surface area (Å²) in [6.07, 6.45) is 41.3. The second-order valence-corrected chi connectivity index (χ2v) is 44.6. The highest BCUT2D eigenvalue weighted by Crippen LogP contribution is 2.57. The van der Waals surface area contributed by atoms with Crippen LogP contribution in [0.1, 0.15) is 405 Å². The molecule has 0 aromatic heterocycles. The molecule has 1 fully saturated rings. The first-order chi connectivity index (χ1) is 68.6. The van der Waals surface area contributed by atoms with Crippen LogP contribution in [-0.2, 0) is 30.2 Å².